The van der Waals surface area contributed by atoms with Gasteiger partial charge in [-0.1, -0.05) is 0 Å². The van der Waals surface area contributed by atoms with E-state index >= 15 is 0 Å². The molecular formula is C8H13F3O2S. The number of rotatable bonds is 4. The molecule has 0 aromatic carbocycles. The molecular weight excluding hydrogens is 217 g/mol. The number of alkyl halides is 3. The van der Waals surface area contributed by atoms with Crippen LogP contribution in [0.3, 0.4) is 0 Å². The van der Waals surface area contributed by atoms with Crippen molar-refractivity contribution >= 4 is 11.8 Å². The third-order valence-corrected chi connectivity index (χ3v) is 3.14. The molecule has 2 unspecified atom stereocenters. The van der Waals surface area contributed by atoms with E-state index in [0.717, 1.165) is 24.6 Å². The molecule has 1 saturated heterocycles. The van der Waals surface area contributed by atoms with Crippen molar-refractivity contribution in [1.82, 2.24) is 0 Å². The summed E-state index contributed by atoms with van der Waals surface area (Å²) in [7, 11) is 0. The van der Waals surface area contributed by atoms with Gasteiger partial charge in [-0.2, -0.15) is 24.9 Å². The molecule has 0 bridgehead atoms. The van der Waals surface area contributed by atoms with Crippen molar-refractivity contribution in [3.8, 4) is 0 Å². The Morgan fingerprint density at radius 2 is 2.21 bits per heavy atom. The van der Waals surface area contributed by atoms with E-state index in [1.165, 1.54) is 0 Å². The summed E-state index contributed by atoms with van der Waals surface area (Å²) in [5, 5.41) is 8.67. The van der Waals surface area contributed by atoms with E-state index in [2.05, 4.69) is 0 Å². The zero-order chi connectivity index (χ0) is 10.6. The zero-order valence-electron chi connectivity index (χ0n) is 7.59. The van der Waals surface area contributed by atoms with Gasteiger partial charge in [0.1, 0.15) is 0 Å². The molecule has 0 amide bonds. The molecule has 1 aliphatic heterocycles. The van der Waals surface area contributed by atoms with Crippen molar-refractivity contribution in [3.63, 3.8) is 0 Å². The minimum absolute atomic E-state index is 0.0698. The van der Waals surface area contributed by atoms with Gasteiger partial charge in [-0.3, -0.25) is 0 Å². The van der Waals surface area contributed by atoms with Gasteiger partial charge in [0.25, 0.3) is 0 Å². The normalized spacial score (nSPS) is 25.3. The Kier molecular flexibility index (Phi) is 4.53. The Hall–Kier alpha value is 0.0600. The maximum Gasteiger partial charge on any atom is 0.415 e. The molecule has 0 aromatic heterocycles. The fourth-order valence-electron chi connectivity index (χ4n) is 1.18. The van der Waals surface area contributed by atoms with Crippen LogP contribution in [0.4, 0.5) is 13.2 Å². The van der Waals surface area contributed by atoms with E-state index in [-0.39, 0.29) is 11.9 Å². The molecule has 1 N–H and O–H groups in total. The number of halogens is 3. The van der Waals surface area contributed by atoms with Crippen LogP contribution in [0.2, 0.25) is 0 Å². The lowest BCUT2D eigenvalue weighted by molar-refractivity contribution is -0.195. The SMILES string of the molecule is OC(CSCC1CCCO1)C(F)(F)F. The van der Waals surface area contributed by atoms with Crippen molar-refractivity contribution < 1.29 is 23.0 Å². The van der Waals surface area contributed by atoms with Gasteiger partial charge in [-0.15, -0.1) is 0 Å². The number of thioether (sulfide) groups is 1. The van der Waals surface area contributed by atoms with E-state index in [0.29, 0.717) is 12.4 Å². The fraction of sp³-hybridized carbons (Fsp3) is 1.00. The molecule has 0 aliphatic carbocycles. The molecule has 1 fully saturated rings. The van der Waals surface area contributed by atoms with Crippen LogP contribution >= 0.6 is 11.8 Å². The van der Waals surface area contributed by atoms with Crippen molar-refractivity contribution in [2.24, 2.45) is 0 Å². The number of hydrogen-bond acceptors (Lipinski definition) is 3. The first-order valence-electron chi connectivity index (χ1n) is 4.44. The Labute approximate surface area is 84.8 Å². The summed E-state index contributed by atoms with van der Waals surface area (Å²) in [6, 6.07) is 0. The highest BCUT2D eigenvalue weighted by molar-refractivity contribution is 7.99. The molecule has 6 heteroatoms. The van der Waals surface area contributed by atoms with Gasteiger partial charge in [-0.25, -0.2) is 0 Å². The molecule has 0 saturated carbocycles. The largest absolute Gasteiger partial charge is 0.415 e. The number of aliphatic hydroxyl groups is 1. The second-order valence-corrected chi connectivity index (χ2v) is 4.30. The molecule has 1 rings (SSSR count). The van der Waals surface area contributed by atoms with Gasteiger partial charge in [0.05, 0.1) is 6.10 Å². The quantitative estimate of drug-likeness (QED) is 0.798. The first kappa shape index (κ1) is 12.1. The summed E-state index contributed by atoms with van der Waals surface area (Å²) in [5.74, 6) is 0.233. The summed E-state index contributed by atoms with van der Waals surface area (Å²) in [4.78, 5) is 0. The third-order valence-electron chi connectivity index (χ3n) is 1.98. The maximum absolute atomic E-state index is 11.9. The van der Waals surface area contributed by atoms with Crippen LogP contribution in [0, 0.1) is 0 Å². The van der Waals surface area contributed by atoms with Gasteiger partial charge in [0, 0.05) is 18.1 Å². The average Bonchev–Trinajstić information content (AvgIpc) is 2.55. The van der Waals surface area contributed by atoms with Gasteiger partial charge in [0.2, 0.25) is 0 Å². The van der Waals surface area contributed by atoms with Crippen molar-refractivity contribution in [1.29, 1.82) is 0 Å². The molecule has 14 heavy (non-hydrogen) atoms. The summed E-state index contributed by atoms with van der Waals surface area (Å²) < 4.78 is 40.8. The number of aliphatic hydroxyl groups excluding tert-OH is 1. The van der Waals surface area contributed by atoms with E-state index in [9.17, 15) is 13.2 Å². The molecule has 1 aliphatic rings. The Balaban J connectivity index is 2.08. The minimum atomic E-state index is -4.50. The molecule has 0 aromatic rings. The summed E-state index contributed by atoms with van der Waals surface area (Å²) in [6.07, 6.45) is -4.75. The predicted molar refractivity (Wildman–Crippen MR) is 48.4 cm³/mol. The molecule has 1 heterocycles. The minimum Gasteiger partial charge on any atom is -0.383 e. The highest BCUT2D eigenvalue weighted by Gasteiger charge is 2.37. The summed E-state index contributed by atoms with van der Waals surface area (Å²) >= 11 is 1.09. The van der Waals surface area contributed by atoms with E-state index in [1.54, 1.807) is 0 Å². The Morgan fingerprint density at radius 1 is 1.50 bits per heavy atom. The van der Waals surface area contributed by atoms with Gasteiger partial charge < -0.3 is 9.84 Å². The van der Waals surface area contributed by atoms with E-state index < -0.39 is 12.3 Å². The van der Waals surface area contributed by atoms with Crippen molar-refractivity contribution in [2.75, 3.05) is 18.1 Å². The van der Waals surface area contributed by atoms with E-state index in [1.807, 2.05) is 0 Å². The summed E-state index contributed by atoms with van der Waals surface area (Å²) in [6.45, 7) is 0.701. The van der Waals surface area contributed by atoms with E-state index in [4.69, 9.17) is 9.84 Å². The fourth-order valence-corrected chi connectivity index (χ4v) is 2.26. The number of ether oxygens (including phenoxy) is 1. The lowest BCUT2D eigenvalue weighted by Crippen LogP contribution is -2.31. The second-order valence-electron chi connectivity index (χ2n) is 3.23. The van der Waals surface area contributed by atoms with Crippen LogP contribution in [-0.4, -0.2) is 41.6 Å². The first-order valence-corrected chi connectivity index (χ1v) is 5.59. The van der Waals surface area contributed by atoms with Crippen LogP contribution in [0.1, 0.15) is 12.8 Å². The van der Waals surface area contributed by atoms with Crippen LogP contribution in [0.25, 0.3) is 0 Å². The third kappa shape index (κ3) is 4.06. The Morgan fingerprint density at radius 3 is 2.71 bits per heavy atom. The van der Waals surface area contributed by atoms with Crippen LogP contribution in [0.15, 0.2) is 0 Å². The van der Waals surface area contributed by atoms with Gasteiger partial charge >= 0.3 is 6.18 Å². The molecule has 84 valence electrons. The van der Waals surface area contributed by atoms with Crippen LogP contribution in [0.5, 0.6) is 0 Å². The lowest BCUT2D eigenvalue weighted by atomic mass is 10.3. The topological polar surface area (TPSA) is 29.5 Å². The van der Waals surface area contributed by atoms with Crippen molar-refractivity contribution in [2.45, 2.75) is 31.2 Å². The smallest absolute Gasteiger partial charge is 0.383 e. The molecule has 0 spiro atoms. The summed E-state index contributed by atoms with van der Waals surface area (Å²) in [5.41, 5.74) is 0. The number of hydrogen-bond donors (Lipinski definition) is 1. The zero-order valence-corrected chi connectivity index (χ0v) is 8.40. The highest BCUT2D eigenvalue weighted by Crippen LogP contribution is 2.24. The predicted octanol–water partition coefficient (Wildman–Crippen LogP) is 1.82. The van der Waals surface area contributed by atoms with Crippen molar-refractivity contribution in [3.05, 3.63) is 0 Å². The van der Waals surface area contributed by atoms with Crippen LogP contribution < -0.4 is 0 Å². The van der Waals surface area contributed by atoms with Gasteiger partial charge in [0.15, 0.2) is 6.10 Å². The lowest BCUT2D eigenvalue weighted by Gasteiger charge is -2.15. The first-order chi connectivity index (χ1) is 6.50. The monoisotopic (exact) mass is 230 g/mol. The molecule has 2 atom stereocenters. The maximum atomic E-state index is 11.9. The standard InChI is InChI=1S/C8H13F3O2S/c9-8(10,11)7(12)5-14-4-6-2-1-3-13-6/h6-7,12H,1-5H2. The molecule has 0 radical (unpaired) electrons. The average molecular weight is 230 g/mol. The second kappa shape index (κ2) is 5.23. The Bertz CT molecular complexity index is 168. The van der Waals surface area contributed by atoms with Crippen LogP contribution in [-0.2, 0) is 4.74 Å². The van der Waals surface area contributed by atoms with Gasteiger partial charge in [-0.05, 0) is 12.8 Å². The highest BCUT2D eigenvalue weighted by atomic mass is 32.2. The molecule has 2 nitrogen and oxygen atoms in total.